The van der Waals surface area contributed by atoms with E-state index in [1.54, 1.807) is 0 Å². The maximum Gasteiger partial charge on any atom is 0.229 e. The minimum Gasteiger partial charge on any atom is -0.494 e. The van der Waals surface area contributed by atoms with Gasteiger partial charge in [-0.2, -0.15) is 0 Å². The van der Waals surface area contributed by atoms with Crippen LogP contribution in [0.3, 0.4) is 0 Å². The second-order valence-electron chi connectivity index (χ2n) is 5.00. The molecule has 4 nitrogen and oxygen atoms in total. The molecule has 0 aliphatic heterocycles. The summed E-state index contributed by atoms with van der Waals surface area (Å²) in [7, 11) is 0. The molecule has 2 aromatic rings. The largest absolute Gasteiger partial charge is 0.494 e. The number of benzene rings is 2. The van der Waals surface area contributed by atoms with Crippen molar-refractivity contribution in [2.45, 2.75) is 19.4 Å². The lowest BCUT2D eigenvalue weighted by Gasteiger charge is -2.15. The summed E-state index contributed by atoms with van der Waals surface area (Å²) in [6.07, 6.45) is 0. The van der Waals surface area contributed by atoms with Gasteiger partial charge in [0.05, 0.1) is 12.5 Å². The second-order valence-corrected chi connectivity index (χ2v) is 5.00. The van der Waals surface area contributed by atoms with Crippen molar-refractivity contribution in [1.29, 1.82) is 0 Å². The van der Waals surface area contributed by atoms with Crippen molar-refractivity contribution in [2.75, 3.05) is 13.2 Å². The van der Waals surface area contributed by atoms with E-state index in [1.807, 2.05) is 61.5 Å². The number of rotatable bonds is 7. The number of ether oxygens (including phenoxy) is 1. The molecule has 3 N–H and O–H groups in total. The van der Waals surface area contributed by atoms with E-state index < -0.39 is 0 Å². The molecule has 0 bridgehead atoms. The standard InChI is InChI=1S/C18H22N2O2/c1-2-22-16-10-6-7-14(11-16)13-20-18(21)17(12-19)15-8-4-3-5-9-15/h3-11,17H,2,12-13,19H2,1H3,(H,20,21). The van der Waals surface area contributed by atoms with Crippen LogP contribution in [0.4, 0.5) is 0 Å². The number of nitrogens with one attached hydrogen (secondary N) is 1. The number of hydrogen-bond acceptors (Lipinski definition) is 3. The van der Waals surface area contributed by atoms with Gasteiger partial charge in [0.2, 0.25) is 5.91 Å². The van der Waals surface area contributed by atoms with Gasteiger partial charge >= 0.3 is 0 Å². The summed E-state index contributed by atoms with van der Waals surface area (Å²) in [5.74, 6) is 0.430. The number of carbonyl (C=O) groups excluding carboxylic acids is 1. The highest BCUT2D eigenvalue weighted by atomic mass is 16.5. The number of amides is 1. The van der Waals surface area contributed by atoms with E-state index in [-0.39, 0.29) is 18.4 Å². The summed E-state index contributed by atoms with van der Waals surface area (Å²) in [4.78, 5) is 12.3. The molecule has 0 saturated carbocycles. The summed E-state index contributed by atoms with van der Waals surface area (Å²) >= 11 is 0. The Hall–Kier alpha value is -2.33. The van der Waals surface area contributed by atoms with E-state index in [9.17, 15) is 4.79 Å². The Balaban J connectivity index is 1.98. The Morgan fingerprint density at radius 2 is 1.95 bits per heavy atom. The van der Waals surface area contributed by atoms with Crippen molar-refractivity contribution in [2.24, 2.45) is 5.73 Å². The van der Waals surface area contributed by atoms with E-state index in [2.05, 4.69) is 5.32 Å². The van der Waals surface area contributed by atoms with Crippen molar-refractivity contribution in [3.63, 3.8) is 0 Å². The van der Waals surface area contributed by atoms with Crippen LogP contribution in [0, 0.1) is 0 Å². The molecule has 2 rings (SSSR count). The molecule has 0 spiro atoms. The molecule has 116 valence electrons. The van der Waals surface area contributed by atoms with E-state index in [0.717, 1.165) is 16.9 Å². The molecular weight excluding hydrogens is 276 g/mol. The topological polar surface area (TPSA) is 64.3 Å². The van der Waals surface area contributed by atoms with Crippen molar-refractivity contribution >= 4 is 5.91 Å². The minimum absolute atomic E-state index is 0.0597. The normalized spacial score (nSPS) is 11.7. The molecule has 22 heavy (non-hydrogen) atoms. The fourth-order valence-corrected chi connectivity index (χ4v) is 2.30. The van der Waals surface area contributed by atoms with Crippen LogP contribution >= 0.6 is 0 Å². The molecule has 0 aliphatic rings. The van der Waals surface area contributed by atoms with Crippen LogP contribution in [-0.4, -0.2) is 19.1 Å². The fraction of sp³-hybridized carbons (Fsp3) is 0.278. The third kappa shape index (κ3) is 4.33. The average Bonchev–Trinajstić information content (AvgIpc) is 2.55. The van der Waals surface area contributed by atoms with Crippen molar-refractivity contribution in [3.8, 4) is 5.75 Å². The molecule has 4 heteroatoms. The van der Waals surface area contributed by atoms with E-state index in [1.165, 1.54) is 0 Å². The average molecular weight is 298 g/mol. The highest BCUT2D eigenvalue weighted by Crippen LogP contribution is 2.16. The van der Waals surface area contributed by atoms with E-state index >= 15 is 0 Å². The quantitative estimate of drug-likeness (QED) is 0.825. The maximum absolute atomic E-state index is 12.3. The zero-order chi connectivity index (χ0) is 15.8. The van der Waals surface area contributed by atoms with Gasteiger partial charge in [-0.05, 0) is 30.2 Å². The van der Waals surface area contributed by atoms with Gasteiger partial charge in [0.25, 0.3) is 0 Å². The Labute approximate surface area is 131 Å². The highest BCUT2D eigenvalue weighted by Gasteiger charge is 2.18. The molecule has 0 heterocycles. The van der Waals surface area contributed by atoms with E-state index in [0.29, 0.717) is 13.2 Å². The molecule has 1 atom stereocenters. The SMILES string of the molecule is CCOc1cccc(CNC(=O)C(CN)c2ccccc2)c1. The zero-order valence-corrected chi connectivity index (χ0v) is 12.8. The van der Waals surface area contributed by atoms with Crippen molar-refractivity contribution < 1.29 is 9.53 Å². The van der Waals surface area contributed by atoms with E-state index in [4.69, 9.17) is 10.5 Å². The van der Waals surface area contributed by atoms with Crippen LogP contribution in [0.15, 0.2) is 54.6 Å². The molecular formula is C18H22N2O2. The first-order chi connectivity index (χ1) is 10.7. The first-order valence-electron chi connectivity index (χ1n) is 7.49. The van der Waals surface area contributed by atoms with Gasteiger partial charge in [0.1, 0.15) is 5.75 Å². The fourth-order valence-electron chi connectivity index (χ4n) is 2.30. The monoisotopic (exact) mass is 298 g/mol. The molecule has 2 aromatic carbocycles. The summed E-state index contributed by atoms with van der Waals surface area (Å²) in [5.41, 5.74) is 7.70. The molecule has 1 amide bonds. The van der Waals surface area contributed by atoms with Gasteiger partial charge in [-0.15, -0.1) is 0 Å². The lowest BCUT2D eigenvalue weighted by Crippen LogP contribution is -2.33. The number of carbonyl (C=O) groups is 1. The van der Waals surface area contributed by atoms with Crippen LogP contribution in [0.25, 0.3) is 0 Å². The van der Waals surface area contributed by atoms with Crippen LogP contribution in [0.5, 0.6) is 5.75 Å². The van der Waals surface area contributed by atoms with Crippen LogP contribution in [-0.2, 0) is 11.3 Å². The number of hydrogen-bond donors (Lipinski definition) is 2. The molecule has 0 aliphatic carbocycles. The maximum atomic E-state index is 12.3. The zero-order valence-electron chi connectivity index (χ0n) is 12.8. The van der Waals surface area contributed by atoms with Crippen LogP contribution < -0.4 is 15.8 Å². The summed E-state index contributed by atoms with van der Waals surface area (Å²) in [6, 6.07) is 17.3. The Bertz CT molecular complexity index is 599. The molecule has 0 radical (unpaired) electrons. The van der Waals surface area contributed by atoms with Crippen molar-refractivity contribution in [1.82, 2.24) is 5.32 Å². The molecule has 0 saturated heterocycles. The summed E-state index contributed by atoms with van der Waals surface area (Å²) < 4.78 is 5.46. The Morgan fingerprint density at radius 1 is 1.18 bits per heavy atom. The van der Waals surface area contributed by atoms with Gasteiger partial charge in [0.15, 0.2) is 0 Å². The summed E-state index contributed by atoms with van der Waals surface area (Å²) in [5, 5.41) is 2.94. The van der Waals surface area contributed by atoms with Gasteiger partial charge < -0.3 is 15.8 Å². The minimum atomic E-state index is -0.323. The molecule has 0 fully saturated rings. The van der Waals surface area contributed by atoms with Gasteiger partial charge in [-0.3, -0.25) is 4.79 Å². The van der Waals surface area contributed by atoms with Crippen LogP contribution in [0.1, 0.15) is 24.0 Å². The smallest absolute Gasteiger partial charge is 0.229 e. The van der Waals surface area contributed by atoms with Crippen molar-refractivity contribution in [3.05, 3.63) is 65.7 Å². The lowest BCUT2D eigenvalue weighted by atomic mass is 9.98. The van der Waals surface area contributed by atoms with Gasteiger partial charge in [0, 0.05) is 13.1 Å². The number of nitrogens with two attached hydrogens (primary N) is 1. The summed E-state index contributed by atoms with van der Waals surface area (Å²) in [6.45, 7) is 3.32. The predicted octanol–water partition coefficient (Wildman–Crippen LogP) is 2.44. The Kier molecular flexibility index (Phi) is 5.98. The lowest BCUT2D eigenvalue weighted by molar-refractivity contribution is -0.122. The third-order valence-corrected chi connectivity index (χ3v) is 3.43. The highest BCUT2D eigenvalue weighted by molar-refractivity contribution is 5.83. The molecule has 0 aromatic heterocycles. The second kappa shape index (κ2) is 8.20. The van der Waals surface area contributed by atoms with Gasteiger partial charge in [-0.25, -0.2) is 0 Å². The first-order valence-corrected chi connectivity index (χ1v) is 7.49. The van der Waals surface area contributed by atoms with Crippen LogP contribution in [0.2, 0.25) is 0 Å². The predicted molar refractivity (Wildman–Crippen MR) is 87.7 cm³/mol. The first kappa shape index (κ1) is 16.0. The Morgan fingerprint density at radius 3 is 2.64 bits per heavy atom. The molecule has 1 unspecified atom stereocenters. The third-order valence-electron chi connectivity index (χ3n) is 3.43. The van der Waals surface area contributed by atoms with Gasteiger partial charge in [-0.1, -0.05) is 42.5 Å².